The van der Waals surface area contributed by atoms with Gasteiger partial charge in [-0.2, -0.15) is 8.42 Å². The third-order valence-electron chi connectivity index (χ3n) is 0.477. The monoisotopic (exact) mass is 188 g/mol. The molecular weight excluding hydrogens is 184 g/mol. The Kier molecular flexibility index (Phi) is 3.62. The second-order valence-electron chi connectivity index (χ2n) is 1.42. The maximum absolute atomic E-state index is 10.2. The second kappa shape index (κ2) is 3.75. The fourth-order valence-electron chi connectivity index (χ4n) is 0.177. The van der Waals surface area contributed by atoms with Gasteiger partial charge in [0.1, 0.15) is 11.9 Å². The molecule has 10 heavy (non-hydrogen) atoms. The Hall–Kier alpha value is -0.330. The van der Waals surface area contributed by atoms with Crippen LogP contribution in [0.3, 0.4) is 0 Å². The molecule has 60 valence electrons. The van der Waals surface area contributed by atoms with Gasteiger partial charge in [0.05, 0.1) is 6.26 Å². The Labute approximate surface area is 63.2 Å². The van der Waals surface area contributed by atoms with Crippen molar-refractivity contribution in [2.45, 2.75) is 0 Å². The standard InChI is InChI=1S/C3H5ClO5S/c1-10(6,7)8-2-3(5)9-4/h2H2,1H3. The predicted molar refractivity (Wildman–Crippen MR) is 32.7 cm³/mol. The molecule has 5 nitrogen and oxygen atoms in total. The summed E-state index contributed by atoms with van der Waals surface area (Å²) in [7, 11) is -3.59. The quantitative estimate of drug-likeness (QED) is 0.567. The van der Waals surface area contributed by atoms with Gasteiger partial charge in [-0.05, 0) is 0 Å². The van der Waals surface area contributed by atoms with E-state index in [0.29, 0.717) is 0 Å². The number of hydrogen-bond acceptors (Lipinski definition) is 5. The molecular formula is C3H5ClO5S. The van der Waals surface area contributed by atoms with Gasteiger partial charge in [-0.3, -0.25) is 4.18 Å². The topological polar surface area (TPSA) is 69.7 Å². The van der Waals surface area contributed by atoms with E-state index in [-0.39, 0.29) is 0 Å². The van der Waals surface area contributed by atoms with Crippen molar-refractivity contribution in [3.63, 3.8) is 0 Å². The molecule has 0 bridgehead atoms. The van der Waals surface area contributed by atoms with Crippen LogP contribution in [0.1, 0.15) is 0 Å². The number of halogens is 1. The van der Waals surface area contributed by atoms with E-state index in [4.69, 9.17) is 0 Å². The lowest BCUT2D eigenvalue weighted by molar-refractivity contribution is -0.136. The first-order chi connectivity index (χ1) is 4.45. The Bertz CT molecular complexity index is 207. The minimum Gasteiger partial charge on any atom is -0.345 e. The summed E-state index contributed by atoms with van der Waals surface area (Å²) in [5.74, 6) is -0.952. The molecule has 0 fully saturated rings. The van der Waals surface area contributed by atoms with Gasteiger partial charge in [0.25, 0.3) is 10.1 Å². The largest absolute Gasteiger partial charge is 0.351 e. The zero-order valence-electron chi connectivity index (χ0n) is 5.03. The highest BCUT2D eigenvalue weighted by molar-refractivity contribution is 7.86. The van der Waals surface area contributed by atoms with Gasteiger partial charge in [-0.15, -0.1) is 0 Å². The van der Waals surface area contributed by atoms with E-state index >= 15 is 0 Å². The molecule has 0 atom stereocenters. The van der Waals surface area contributed by atoms with Crippen LogP contribution in [0.25, 0.3) is 0 Å². The first-order valence-electron chi connectivity index (χ1n) is 2.11. The lowest BCUT2D eigenvalue weighted by Crippen LogP contribution is -2.12. The average molecular weight is 189 g/mol. The van der Waals surface area contributed by atoms with Crippen molar-refractivity contribution in [3.8, 4) is 0 Å². The average Bonchev–Trinajstić information content (AvgIpc) is 1.81. The Morgan fingerprint density at radius 2 is 2.10 bits per heavy atom. The van der Waals surface area contributed by atoms with Gasteiger partial charge in [-0.25, -0.2) is 4.79 Å². The van der Waals surface area contributed by atoms with Gasteiger partial charge >= 0.3 is 5.97 Å². The third-order valence-corrected chi connectivity index (χ3v) is 1.20. The van der Waals surface area contributed by atoms with Crippen LogP contribution in [-0.4, -0.2) is 27.2 Å². The molecule has 0 heterocycles. The highest BCUT2D eigenvalue weighted by Crippen LogP contribution is 1.89. The normalized spacial score (nSPS) is 11.0. The third kappa shape index (κ3) is 5.80. The molecule has 0 aliphatic heterocycles. The van der Waals surface area contributed by atoms with E-state index in [1.807, 2.05) is 0 Å². The fraction of sp³-hybridized carbons (Fsp3) is 0.667. The van der Waals surface area contributed by atoms with E-state index in [1.54, 1.807) is 0 Å². The molecule has 0 saturated heterocycles. The summed E-state index contributed by atoms with van der Waals surface area (Å²) in [6, 6.07) is 0. The lowest BCUT2D eigenvalue weighted by atomic mass is 10.8. The van der Waals surface area contributed by atoms with Crippen LogP contribution in [0.5, 0.6) is 0 Å². The number of rotatable bonds is 3. The van der Waals surface area contributed by atoms with Crippen molar-refractivity contribution >= 4 is 28.0 Å². The van der Waals surface area contributed by atoms with Crippen molar-refractivity contribution in [2.75, 3.05) is 12.9 Å². The zero-order chi connectivity index (χ0) is 8.20. The molecule has 0 aliphatic carbocycles. The van der Waals surface area contributed by atoms with Crippen LogP contribution in [0.4, 0.5) is 0 Å². The molecule has 0 unspecified atom stereocenters. The van der Waals surface area contributed by atoms with Crippen molar-refractivity contribution in [2.24, 2.45) is 0 Å². The first-order valence-corrected chi connectivity index (χ1v) is 4.24. The molecule has 0 aromatic heterocycles. The summed E-state index contributed by atoms with van der Waals surface area (Å²) in [4.78, 5) is 10.1. The summed E-state index contributed by atoms with van der Waals surface area (Å²) in [5, 5.41) is 0. The minimum atomic E-state index is -3.59. The Morgan fingerprint density at radius 1 is 1.60 bits per heavy atom. The molecule has 0 saturated carbocycles. The van der Waals surface area contributed by atoms with Crippen molar-refractivity contribution in [1.82, 2.24) is 0 Å². The highest BCUT2D eigenvalue weighted by atomic mass is 35.5. The molecule has 0 amide bonds. The number of carbonyl (C=O) groups is 1. The number of carbonyl (C=O) groups excluding carboxylic acids is 1. The smallest absolute Gasteiger partial charge is 0.345 e. The van der Waals surface area contributed by atoms with E-state index in [0.717, 1.165) is 6.26 Å². The molecule has 0 N–H and O–H groups in total. The molecule has 0 aromatic carbocycles. The molecule has 0 spiro atoms. The van der Waals surface area contributed by atoms with Crippen molar-refractivity contribution in [3.05, 3.63) is 0 Å². The molecule has 0 radical (unpaired) electrons. The van der Waals surface area contributed by atoms with Crippen LogP contribution in [0.15, 0.2) is 0 Å². The zero-order valence-corrected chi connectivity index (χ0v) is 6.61. The molecule has 0 rings (SSSR count). The van der Waals surface area contributed by atoms with Crippen LogP contribution in [0, 0.1) is 0 Å². The predicted octanol–water partition coefficient (Wildman–Crippen LogP) is -0.340. The summed E-state index contributed by atoms with van der Waals surface area (Å²) in [6.45, 7) is -0.692. The summed E-state index contributed by atoms with van der Waals surface area (Å²) < 4.78 is 27.9. The van der Waals surface area contributed by atoms with Crippen LogP contribution in [-0.2, 0) is 23.4 Å². The second-order valence-corrected chi connectivity index (χ2v) is 3.21. The van der Waals surface area contributed by atoms with Gasteiger partial charge < -0.3 is 4.29 Å². The molecule has 0 aliphatic rings. The maximum atomic E-state index is 10.2. The Morgan fingerprint density at radius 3 is 2.40 bits per heavy atom. The first kappa shape index (κ1) is 9.67. The summed E-state index contributed by atoms with van der Waals surface area (Å²) >= 11 is 4.56. The van der Waals surface area contributed by atoms with E-state index in [2.05, 4.69) is 20.3 Å². The maximum Gasteiger partial charge on any atom is 0.351 e. The number of hydrogen-bond donors (Lipinski definition) is 0. The SMILES string of the molecule is CS(=O)(=O)OCC(=O)OCl. The van der Waals surface area contributed by atoms with Crippen LogP contribution in [0.2, 0.25) is 0 Å². The van der Waals surface area contributed by atoms with Gasteiger partial charge in [0.2, 0.25) is 0 Å². The van der Waals surface area contributed by atoms with E-state index < -0.39 is 22.7 Å². The summed E-state index contributed by atoms with van der Waals surface area (Å²) in [5.41, 5.74) is 0. The van der Waals surface area contributed by atoms with Crippen LogP contribution < -0.4 is 0 Å². The summed E-state index contributed by atoms with van der Waals surface area (Å²) in [6.07, 6.45) is 0.814. The minimum absolute atomic E-state index is 0.692. The van der Waals surface area contributed by atoms with Crippen molar-refractivity contribution in [1.29, 1.82) is 0 Å². The molecule has 0 aromatic rings. The van der Waals surface area contributed by atoms with Gasteiger partial charge in [0, 0.05) is 0 Å². The van der Waals surface area contributed by atoms with Gasteiger partial charge in [-0.1, -0.05) is 0 Å². The molecule has 7 heteroatoms. The fourth-order valence-corrected chi connectivity index (χ4v) is 0.532. The van der Waals surface area contributed by atoms with Crippen molar-refractivity contribution < 1.29 is 21.7 Å². The highest BCUT2D eigenvalue weighted by Gasteiger charge is 2.07. The lowest BCUT2D eigenvalue weighted by Gasteiger charge is -1.95. The van der Waals surface area contributed by atoms with Gasteiger partial charge in [0.15, 0.2) is 6.61 Å². The Balaban J connectivity index is 3.67. The van der Waals surface area contributed by atoms with E-state index in [9.17, 15) is 13.2 Å². The van der Waals surface area contributed by atoms with E-state index in [1.165, 1.54) is 0 Å². The van der Waals surface area contributed by atoms with Crippen LogP contribution >= 0.6 is 11.9 Å².